The molecule has 130 valence electrons. The lowest BCUT2D eigenvalue weighted by Crippen LogP contribution is -2.20. The van der Waals surface area contributed by atoms with Crippen LogP contribution < -0.4 is 10.1 Å². The van der Waals surface area contributed by atoms with Gasteiger partial charge in [0.25, 0.3) is 5.91 Å². The van der Waals surface area contributed by atoms with Crippen molar-refractivity contribution < 1.29 is 9.53 Å². The molecule has 0 saturated carbocycles. The zero-order valence-corrected chi connectivity index (χ0v) is 15.0. The molecule has 5 nitrogen and oxygen atoms in total. The molecule has 2 aromatic carbocycles. The number of carbonyl (C=O) groups excluding carboxylic acids is 1. The number of benzene rings is 2. The molecule has 0 atom stereocenters. The van der Waals surface area contributed by atoms with Crippen molar-refractivity contribution in [1.82, 2.24) is 4.98 Å². The SMILES string of the molecule is Cc1nc(-c2ccc(NC(=O)COc3ccc(CC#N)cc3)cc2)cs1. The maximum Gasteiger partial charge on any atom is 0.262 e. The van der Waals surface area contributed by atoms with Crippen molar-refractivity contribution in [2.45, 2.75) is 13.3 Å². The predicted molar refractivity (Wildman–Crippen MR) is 102 cm³/mol. The van der Waals surface area contributed by atoms with Crippen molar-refractivity contribution >= 4 is 22.9 Å². The van der Waals surface area contributed by atoms with Crippen molar-refractivity contribution in [3.8, 4) is 23.1 Å². The average molecular weight is 363 g/mol. The van der Waals surface area contributed by atoms with Crippen LogP contribution in [0.15, 0.2) is 53.9 Å². The zero-order valence-electron chi connectivity index (χ0n) is 14.2. The Morgan fingerprint density at radius 2 is 1.92 bits per heavy atom. The van der Waals surface area contributed by atoms with Crippen molar-refractivity contribution in [3.05, 3.63) is 64.5 Å². The highest BCUT2D eigenvalue weighted by atomic mass is 32.1. The van der Waals surface area contributed by atoms with E-state index >= 15 is 0 Å². The number of thiazole rings is 1. The summed E-state index contributed by atoms with van der Waals surface area (Å²) in [7, 11) is 0. The van der Waals surface area contributed by atoms with E-state index in [1.165, 1.54) is 0 Å². The van der Waals surface area contributed by atoms with Gasteiger partial charge in [-0.3, -0.25) is 4.79 Å². The van der Waals surface area contributed by atoms with Crippen LogP contribution >= 0.6 is 11.3 Å². The van der Waals surface area contributed by atoms with E-state index in [1.54, 1.807) is 23.5 Å². The van der Waals surface area contributed by atoms with Gasteiger partial charge in [-0.05, 0) is 36.8 Å². The molecule has 26 heavy (non-hydrogen) atoms. The Labute approximate surface area is 155 Å². The minimum Gasteiger partial charge on any atom is -0.484 e. The Morgan fingerprint density at radius 3 is 2.54 bits per heavy atom. The molecule has 1 heterocycles. The number of ether oxygens (including phenoxy) is 1. The number of amides is 1. The van der Waals surface area contributed by atoms with E-state index in [9.17, 15) is 4.79 Å². The molecule has 0 fully saturated rings. The van der Waals surface area contributed by atoms with Crippen LogP contribution in [0.1, 0.15) is 10.6 Å². The number of aryl methyl sites for hydroxylation is 1. The third-order valence-corrected chi connectivity index (χ3v) is 4.43. The number of nitriles is 1. The first-order valence-corrected chi connectivity index (χ1v) is 8.93. The number of carbonyl (C=O) groups is 1. The maximum atomic E-state index is 12.0. The van der Waals surface area contributed by atoms with Gasteiger partial charge in [0.2, 0.25) is 0 Å². The van der Waals surface area contributed by atoms with Crippen LogP contribution in [0.3, 0.4) is 0 Å². The molecule has 0 unspecified atom stereocenters. The summed E-state index contributed by atoms with van der Waals surface area (Å²) >= 11 is 1.61. The average Bonchev–Trinajstić information content (AvgIpc) is 3.08. The van der Waals surface area contributed by atoms with Crippen LogP contribution in [0, 0.1) is 18.3 Å². The lowest BCUT2D eigenvalue weighted by Gasteiger charge is -2.08. The highest BCUT2D eigenvalue weighted by Crippen LogP contribution is 2.23. The van der Waals surface area contributed by atoms with E-state index in [-0.39, 0.29) is 12.5 Å². The second-order valence-corrected chi connectivity index (χ2v) is 6.71. The van der Waals surface area contributed by atoms with Gasteiger partial charge in [-0.25, -0.2) is 4.98 Å². The molecular formula is C20H17N3O2S. The van der Waals surface area contributed by atoms with E-state index < -0.39 is 0 Å². The van der Waals surface area contributed by atoms with Crippen molar-refractivity contribution in [2.24, 2.45) is 0 Å². The fourth-order valence-electron chi connectivity index (χ4n) is 2.36. The first-order chi connectivity index (χ1) is 12.6. The molecule has 0 bridgehead atoms. The third-order valence-electron chi connectivity index (χ3n) is 3.66. The van der Waals surface area contributed by atoms with Crippen LogP contribution in [-0.2, 0) is 11.2 Å². The molecule has 0 saturated heterocycles. The van der Waals surface area contributed by atoms with Crippen molar-refractivity contribution in [1.29, 1.82) is 5.26 Å². The summed E-state index contributed by atoms with van der Waals surface area (Å²) < 4.78 is 5.47. The summed E-state index contributed by atoms with van der Waals surface area (Å²) in [5.74, 6) is 0.361. The zero-order chi connectivity index (χ0) is 18.4. The third kappa shape index (κ3) is 4.68. The van der Waals surface area contributed by atoms with E-state index in [1.807, 2.05) is 48.7 Å². The molecule has 0 aliphatic rings. The first kappa shape index (κ1) is 17.6. The summed E-state index contributed by atoms with van der Waals surface area (Å²) in [5, 5.41) is 14.5. The predicted octanol–water partition coefficient (Wildman–Crippen LogP) is 4.20. The first-order valence-electron chi connectivity index (χ1n) is 8.05. The van der Waals surface area contributed by atoms with Gasteiger partial charge in [-0.1, -0.05) is 24.3 Å². The van der Waals surface area contributed by atoms with Gasteiger partial charge in [-0.15, -0.1) is 11.3 Å². The van der Waals surface area contributed by atoms with Crippen LogP contribution in [0.25, 0.3) is 11.3 Å². The molecule has 0 aliphatic heterocycles. The van der Waals surface area contributed by atoms with E-state index in [0.717, 1.165) is 21.8 Å². The molecule has 0 aliphatic carbocycles. The molecule has 1 amide bonds. The summed E-state index contributed by atoms with van der Waals surface area (Å²) in [6.45, 7) is 1.89. The summed E-state index contributed by atoms with van der Waals surface area (Å²) in [6.07, 6.45) is 0.358. The van der Waals surface area contributed by atoms with E-state index in [2.05, 4.69) is 16.4 Å². The minimum absolute atomic E-state index is 0.0787. The monoisotopic (exact) mass is 363 g/mol. The number of aromatic nitrogens is 1. The van der Waals surface area contributed by atoms with Gasteiger partial charge >= 0.3 is 0 Å². The Bertz CT molecular complexity index is 925. The summed E-state index contributed by atoms with van der Waals surface area (Å²) in [4.78, 5) is 16.5. The van der Waals surface area contributed by atoms with Gasteiger partial charge < -0.3 is 10.1 Å². The topological polar surface area (TPSA) is 75.0 Å². The number of hydrogen-bond acceptors (Lipinski definition) is 5. The van der Waals surface area contributed by atoms with Gasteiger partial charge in [0, 0.05) is 16.6 Å². The Hall–Kier alpha value is -3.17. The standard InChI is InChI=1S/C20H17N3O2S/c1-14-22-19(13-26-14)16-4-6-17(7-5-16)23-20(24)12-25-18-8-2-15(3-9-18)10-11-21/h2-9,13H,10,12H2,1H3,(H,23,24). The van der Waals surface area contributed by atoms with Crippen LogP contribution in [0.4, 0.5) is 5.69 Å². The largest absolute Gasteiger partial charge is 0.484 e. The van der Waals surface area contributed by atoms with Gasteiger partial charge in [0.1, 0.15) is 5.75 Å². The van der Waals surface area contributed by atoms with Crippen molar-refractivity contribution in [3.63, 3.8) is 0 Å². The van der Waals surface area contributed by atoms with Gasteiger partial charge in [0.15, 0.2) is 6.61 Å². The fourth-order valence-corrected chi connectivity index (χ4v) is 2.98. The Kier molecular flexibility index (Phi) is 5.62. The number of nitrogens with one attached hydrogen (secondary N) is 1. The normalized spacial score (nSPS) is 10.2. The molecule has 3 aromatic rings. The van der Waals surface area contributed by atoms with Crippen LogP contribution in [0.5, 0.6) is 5.75 Å². The lowest BCUT2D eigenvalue weighted by molar-refractivity contribution is -0.118. The number of nitrogens with zero attached hydrogens (tertiary/aromatic N) is 2. The molecule has 6 heteroatoms. The van der Waals surface area contributed by atoms with Crippen LogP contribution in [-0.4, -0.2) is 17.5 Å². The van der Waals surface area contributed by atoms with Crippen LogP contribution in [0.2, 0.25) is 0 Å². The molecule has 0 spiro atoms. The Balaban J connectivity index is 1.52. The quantitative estimate of drug-likeness (QED) is 0.712. The molecule has 0 radical (unpaired) electrons. The number of rotatable bonds is 6. The number of anilines is 1. The summed E-state index contributed by atoms with van der Waals surface area (Å²) in [5.41, 5.74) is 3.58. The highest BCUT2D eigenvalue weighted by Gasteiger charge is 2.06. The second kappa shape index (κ2) is 8.28. The second-order valence-electron chi connectivity index (χ2n) is 5.64. The fraction of sp³-hybridized carbons (Fsp3) is 0.150. The Morgan fingerprint density at radius 1 is 1.19 bits per heavy atom. The lowest BCUT2D eigenvalue weighted by atomic mass is 10.1. The van der Waals surface area contributed by atoms with Crippen molar-refractivity contribution in [2.75, 3.05) is 11.9 Å². The van der Waals surface area contributed by atoms with Gasteiger partial charge in [0.05, 0.1) is 23.2 Å². The maximum absolute atomic E-state index is 12.0. The van der Waals surface area contributed by atoms with E-state index in [0.29, 0.717) is 17.9 Å². The highest BCUT2D eigenvalue weighted by molar-refractivity contribution is 7.09. The van der Waals surface area contributed by atoms with E-state index in [4.69, 9.17) is 10.00 Å². The number of hydrogen-bond donors (Lipinski definition) is 1. The summed E-state index contributed by atoms with van der Waals surface area (Å²) in [6, 6.07) is 16.8. The minimum atomic E-state index is -0.233. The molecule has 3 rings (SSSR count). The van der Waals surface area contributed by atoms with Gasteiger partial charge in [-0.2, -0.15) is 5.26 Å². The molecule has 1 N–H and O–H groups in total. The smallest absolute Gasteiger partial charge is 0.262 e. The molecule has 1 aromatic heterocycles. The molecular weight excluding hydrogens is 346 g/mol.